The molecule has 0 aromatic heterocycles. The van der Waals surface area contributed by atoms with Crippen molar-refractivity contribution in [3.63, 3.8) is 0 Å². The Balaban J connectivity index is 2.22. The third-order valence-corrected chi connectivity index (χ3v) is 2.52. The zero-order valence-electron chi connectivity index (χ0n) is 7.29. The van der Waals surface area contributed by atoms with Gasteiger partial charge in [-0.2, -0.15) is 0 Å². The topological polar surface area (TPSA) is 66.5 Å². The maximum Gasteiger partial charge on any atom is 0.331 e. The van der Waals surface area contributed by atoms with E-state index in [9.17, 15) is 14.4 Å². The Bertz CT molecular complexity index is 287. The minimum absolute atomic E-state index is 0.207. The van der Waals surface area contributed by atoms with E-state index in [1.807, 2.05) is 6.92 Å². The molecule has 0 atom stereocenters. The van der Waals surface area contributed by atoms with E-state index in [4.69, 9.17) is 0 Å². The van der Waals surface area contributed by atoms with Crippen LogP contribution in [0.4, 0.5) is 4.79 Å². The molecule has 0 spiro atoms. The first-order valence-corrected chi connectivity index (χ1v) is 4.20. The van der Waals surface area contributed by atoms with E-state index in [1.165, 1.54) is 4.90 Å². The maximum atomic E-state index is 11.3. The highest BCUT2D eigenvalue weighted by Crippen LogP contribution is 2.41. The molecule has 0 aromatic rings. The highest BCUT2D eigenvalue weighted by Gasteiger charge is 2.51. The number of carbonyl (C=O) groups excluding carboxylic acids is 3. The Kier molecular flexibility index (Phi) is 1.46. The van der Waals surface area contributed by atoms with Crippen LogP contribution in [0.15, 0.2) is 0 Å². The Morgan fingerprint density at radius 3 is 2.38 bits per heavy atom. The Labute approximate surface area is 75.1 Å². The molecular weight excluding hydrogens is 172 g/mol. The number of nitrogens with zero attached hydrogens (tertiary/aromatic N) is 1. The number of imide groups is 2. The molecule has 70 valence electrons. The summed E-state index contributed by atoms with van der Waals surface area (Å²) in [6.07, 6.45) is 1.46. The molecule has 1 heterocycles. The molecule has 0 aromatic carbocycles. The van der Waals surface area contributed by atoms with Crippen LogP contribution in [0.25, 0.3) is 0 Å². The molecule has 4 amide bonds. The van der Waals surface area contributed by atoms with E-state index in [-0.39, 0.29) is 17.9 Å². The predicted molar refractivity (Wildman–Crippen MR) is 42.6 cm³/mol. The SMILES string of the molecule is CC1(N2C(=O)CC(=O)NC2=O)CC1. The molecule has 5 heteroatoms. The first-order valence-electron chi connectivity index (χ1n) is 4.20. The number of hydrogen-bond acceptors (Lipinski definition) is 3. The summed E-state index contributed by atoms with van der Waals surface area (Å²) >= 11 is 0. The van der Waals surface area contributed by atoms with Crippen molar-refractivity contribution in [3.05, 3.63) is 0 Å². The third-order valence-electron chi connectivity index (χ3n) is 2.52. The van der Waals surface area contributed by atoms with Crippen LogP contribution in [0.3, 0.4) is 0 Å². The largest absolute Gasteiger partial charge is 0.331 e. The fraction of sp³-hybridized carbons (Fsp3) is 0.625. The molecule has 1 N–H and O–H groups in total. The Morgan fingerprint density at radius 2 is 1.92 bits per heavy atom. The molecule has 2 rings (SSSR count). The average molecular weight is 182 g/mol. The monoisotopic (exact) mass is 182 g/mol. The van der Waals surface area contributed by atoms with Crippen molar-refractivity contribution in [2.75, 3.05) is 0 Å². The number of carbonyl (C=O) groups is 3. The molecule has 1 saturated carbocycles. The van der Waals surface area contributed by atoms with Crippen molar-refractivity contribution in [1.29, 1.82) is 0 Å². The fourth-order valence-corrected chi connectivity index (χ4v) is 1.50. The second-order valence-electron chi connectivity index (χ2n) is 3.76. The van der Waals surface area contributed by atoms with Gasteiger partial charge in [-0.05, 0) is 19.8 Å². The quantitative estimate of drug-likeness (QED) is 0.581. The zero-order chi connectivity index (χ0) is 9.64. The minimum atomic E-state index is -0.568. The first-order chi connectivity index (χ1) is 6.03. The summed E-state index contributed by atoms with van der Waals surface area (Å²) in [4.78, 5) is 34.6. The summed E-state index contributed by atoms with van der Waals surface area (Å²) in [5, 5.41) is 2.13. The molecule has 0 bridgehead atoms. The van der Waals surface area contributed by atoms with Gasteiger partial charge in [-0.15, -0.1) is 0 Å². The van der Waals surface area contributed by atoms with Gasteiger partial charge in [-0.25, -0.2) is 4.79 Å². The smallest absolute Gasteiger partial charge is 0.277 e. The minimum Gasteiger partial charge on any atom is -0.277 e. The lowest BCUT2D eigenvalue weighted by Crippen LogP contribution is -2.56. The van der Waals surface area contributed by atoms with Crippen LogP contribution in [-0.4, -0.2) is 28.3 Å². The highest BCUT2D eigenvalue weighted by atomic mass is 16.2. The van der Waals surface area contributed by atoms with Crippen LogP contribution in [-0.2, 0) is 9.59 Å². The molecule has 5 nitrogen and oxygen atoms in total. The van der Waals surface area contributed by atoms with Crippen LogP contribution in [0.1, 0.15) is 26.2 Å². The van der Waals surface area contributed by atoms with Gasteiger partial charge in [-0.3, -0.25) is 19.8 Å². The second kappa shape index (κ2) is 2.31. The molecule has 2 fully saturated rings. The Hall–Kier alpha value is -1.39. The van der Waals surface area contributed by atoms with E-state index in [0.29, 0.717) is 0 Å². The van der Waals surface area contributed by atoms with E-state index < -0.39 is 11.9 Å². The van der Waals surface area contributed by atoms with Gasteiger partial charge in [0.1, 0.15) is 6.42 Å². The standard InChI is InChI=1S/C8H10N2O3/c1-8(2-3-8)10-6(12)4-5(11)9-7(10)13/h2-4H2,1H3,(H,9,11,13). The van der Waals surface area contributed by atoms with E-state index in [1.54, 1.807) is 0 Å². The van der Waals surface area contributed by atoms with Gasteiger partial charge in [0.15, 0.2) is 0 Å². The number of rotatable bonds is 1. The average Bonchev–Trinajstić information content (AvgIpc) is 2.65. The third kappa shape index (κ3) is 1.20. The Morgan fingerprint density at radius 1 is 1.31 bits per heavy atom. The van der Waals surface area contributed by atoms with Gasteiger partial charge < -0.3 is 0 Å². The van der Waals surface area contributed by atoms with Crippen LogP contribution >= 0.6 is 0 Å². The van der Waals surface area contributed by atoms with Crippen molar-refractivity contribution in [3.8, 4) is 0 Å². The molecule has 1 aliphatic carbocycles. The summed E-state index contributed by atoms with van der Waals surface area (Å²) in [5.74, 6) is -0.885. The number of barbiturate groups is 1. The second-order valence-corrected chi connectivity index (χ2v) is 3.76. The summed E-state index contributed by atoms with van der Waals surface area (Å²) in [5.41, 5.74) is -0.331. The van der Waals surface area contributed by atoms with Crippen molar-refractivity contribution in [2.45, 2.75) is 31.7 Å². The van der Waals surface area contributed by atoms with Gasteiger partial charge in [-0.1, -0.05) is 0 Å². The summed E-state index contributed by atoms with van der Waals surface area (Å²) in [6, 6.07) is -0.568. The van der Waals surface area contributed by atoms with Gasteiger partial charge in [0.05, 0.1) is 0 Å². The van der Waals surface area contributed by atoms with E-state index in [2.05, 4.69) is 5.32 Å². The van der Waals surface area contributed by atoms with Crippen LogP contribution in [0, 0.1) is 0 Å². The van der Waals surface area contributed by atoms with Gasteiger partial charge in [0, 0.05) is 5.54 Å². The van der Waals surface area contributed by atoms with E-state index >= 15 is 0 Å². The molecule has 1 aliphatic heterocycles. The van der Waals surface area contributed by atoms with Gasteiger partial charge in [0.25, 0.3) is 0 Å². The van der Waals surface area contributed by atoms with Crippen LogP contribution in [0.2, 0.25) is 0 Å². The van der Waals surface area contributed by atoms with E-state index in [0.717, 1.165) is 12.8 Å². The number of hydrogen-bond donors (Lipinski definition) is 1. The summed E-state index contributed by atoms with van der Waals surface area (Å²) in [7, 11) is 0. The molecule has 0 radical (unpaired) electrons. The fourth-order valence-electron chi connectivity index (χ4n) is 1.50. The number of amides is 4. The maximum absolute atomic E-state index is 11.3. The molecule has 1 saturated heterocycles. The van der Waals surface area contributed by atoms with Crippen LogP contribution in [0.5, 0.6) is 0 Å². The number of nitrogens with one attached hydrogen (secondary N) is 1. The van der Waals surface area contributed by atoms with Crippen molar-refractivity contribution in [1.82, 2.24) is 10.2 Å². The molecule has 0 unspecified atom stereocenters. The lowest BCUT2D eigenvalue weighted by atomic mass is 10.2. The van der Waals surface area contributed by atoms with Crippen LogP contribution < -0.4 is 5.32 Å². The lowest BCUT2D eigenvalue weighted by Gasteiger charge is -2.30. The number of urea groups is 1. The normalized spacial score (nSPS) is 25.9. The lowest BCUT2D eigenvalue weighted by molar-refractivity contribution is -0.137. The first kappa shape index (κ1) is 8.22. The van der Waals surface area contributed by atoms with Crippen molar-refractivity contribution in [2.24, 2.45) is 0 Å². The summed E-state index contributed by atoms with van der Waals surface area (Å²) in [6.45, 7) is 1.85. The van der Waals surface area contributed by atoms with Crippen molar-refractivity contribution >= 4 is 17.8 Å². The van der Waals surface area contributed by atoms with Gasteiger partial charge >= 0.3 is 6.03 Å². The van der Waals surface area contributed by atoms with Crippen molar-refractivity contribution < 1.29 is 14.4 Å². The molecular formula is C8H10N2O3. The summed E-state index contributed by atoms with van der Waals surface area (Å²) < 4.78 is 0. The molecule has 2 aliphatic rings. The van der Waals surface area contributed by atoms with Gasteiger partial charge in [0.2, 0.25) is 11.8 Å². The molecule has 13 heavy (non-hydrogen) atoms. The highest BCUT2D eigenvalue weighted by molar-refractivity contribution is 6.14. The predicted octanol–water partition coefficient (Wildman–Crippen LogP) is 0.00740. The zero-order valence-corrected chi connectivity index (χ0v) is 7.29.